The zero-order chi connectivity index (χ0) is 18.1. The number of benzene rings is 3. The Balaban J connectivity index is 1.48. The Morgan fingerprint density at radius 1 is 1.04 bits per heavy atom. The van der Waals surface area contributed by atoms with Crippen molar-refractivity contribution in [2.45, 2.75) is 0 Å². The Morgan fingerprint density at radius 3 is 2.69 bits per heavy atom. The van der Waals surface area contributed by atoms with E-state index in [2.05, 4.69) is 5.32 Å². The predicted octanol–water partition coefficient (Wildman–Crippen LogP) is 5.40. The lowest BCUT2D eigenvalue weighted by molar-refractivity contribution is -0.118. The van der Waals surface area contributed by atoms with Crippen molar-refractivity contribution in [3.8, 4) is 5.75 Å². The minimum Gasteiger partial charge on any atom is -0.484 e. The highest BCUT2D eigenvalue weighted by molar-refractivity contribution is 6.33. The largest absolute Gasteiger partial charge is 0.484 e. The molecule has 4 aromatic rings. The van der Waals surface area contributed by atoms with E-state index in [0.29, 0.717) is 11.4 Å². The van der Waals surface area contributed by atoms with Gasteiger partial charge in [-0.2, -0.15) is 0 Å². The minimum absolute atomic E-state index is 0.129. The maximum absolute atomic E-state index is 13.0. The van der Waals surface area contributed by atoms with E-state index in [1.54, 1.807) is 12.1 Å². The molecule has 6 heteroatoms. The van der Waals surface area contributed by atoms with Crippen LogP contribution >= 0.6 is 11.6 Å². The van der Waals surface area contributed by atoms with Crippen LogP contribution in [0.15, 0.2) is 65.1 Å². The van der Waals surface area contributed by atoms with Crippen LogP contribution in [0.1, 0.15) is 0 Å². The summed E-state index contributed by atoms with van der Waals surface area (Å²) in [6, 6.07) is 16.8. The van der Waals surface area contributed by atoms with E-state index in [4.69, 9.17) is 20.8 Å². The summed E-state index contributed by atoms with van der Waals surface area (Å²) in [4.78, 5) is 12.0. The first kappa shape index (κ1) is 16.4. The number of rotatable bonds is 4. The number of hydrogen-bond acceptors (Lipinski definition) is 3. The lowest BCUT2D eigenvalue weighted by Gasteiger charge is -2.09. The lowest BCUT2D eigenvalue weighted by Crippen LogP contribution is -2.20. The predicted molar refractivity (Wildman–Crippen MR) is 99.3 cm³/mol. The highest BCUT2D eigenvalue weighted by atomic mass is 35.5. The highest BCUT2D eigenvalue weighted by Crippen LogP contribution is 2.31. The van der Waals surface area contributed by atoms with Crippen molar-refractivity contribution >= 4 is 45.1 Å². The maximum atomic E-state index is 13.0. The summed E-state index contributed by atoms with van der Waals surface area (Å²) >= 11 is 5.89. The number of fused-ring (bicyclic) bond motifs is 3. The number of carbonyl (C=O) groups excluding carboxylic acids is 1. The van der Waals surface area contributed by atoms with Crippen molar-refractivity contribution in [1.82, 2.24) is 0 Å². The SMILES string of the molecule is O=C(COc1ccc2oc3ccccc3c2c1)Nc1ccc(F)cc1Cl. The molecule has 0 radical (unpaired) electrons. The van der Waals surface area contributed by atoms with Gasteiger partial charge in [0.15, 0.2) is 6.61 Å². The number of anilines is 1. The lowest BCUT2D eigenvalue weighted by atomic mass is 10.1. The molecule has 0 bridgehead atoms. The van der Waals surface area contributed by atoms with Crippen LogP contribution in [-0.4, -0.2) is 12.5 Å². The van der Waals surface area contributed by atoms with E-state index < -0.39 is 11.7 Å². The second kappa shape index (κ2) is 6.69. The third-order valence-electron chi connectivity index (χ3n) is 3.92. The van der Waals surface area contributed by atoms with Gasteiger partial charge in [0.25, 0.3) is 5.91 Å². The molecule has 4 rings (SSSR count). The van der Waals surface area contributed by atoms with E-state index in [1.165, 1.54) is 12.1 Å². The van der Waals surface area contributed by atoms with Crippen LogP contribution in [0, 0.1) is 5.82 Å². The number of furan rings is 1. The molecule has 0 atom stereocenters. The number of para-hydroxylation sites is 1. The van der Waals surface area contributed by atoms with Crippen LogP contribution in [0.3, 0.4) is 0 Å². The summed E-state index contributed by atoms with van der Waals surface area (Å²) in [5, 5.41) is 4.62. The second-order valence-electron chi connectivity index (χ2n) is 5.72. The fourth-order valence-electron chi connectivity index (χ4n) is 2.72. The van der Waals surface area contributed by atoms with Crippen molar-refractivity contribution in [3.63, 3.8) is 0 Å². The molecule has 1 heterocycles. The Morgan fingerprint density at radius 2 is 1.85 bits per heavy atom. The average Bonchev–Trinajstić information content (AvgIpc) is 3.00. The quantitative estimate of drug-likeness (QED) is 0.524. The third-order valence-corrected chi connectivity index (χ3v) is 4.24. The maximum Gasteiger partial charge on any atom is 0.262 e. The van der Waals surface area contributed by atoms with Gasteiger partial charge in [0.1, 0.15) is 22.7 Å². The Bertz CT molecular complexity index is 1120. The normalized spacial score (nSPS) is 11.0. The number of nitrogens with one attached hydrogen (secondary N) is 1. The van der Waals surface area contributed by atoms with Gasteiger partial charge in [-0.3, -0.25) is 4.79 Å². The molecule has 0 saturated heterocycles. The molecule has 130 valence electrons. The summed E-state index contributed by atoms with van der Waals surface area (Å²) in [5.41, 5.74) is 1.88. The Kier molecular flexibility index (Phi) is 4.22. The minimum atomic E-state index is -0.468. The molecule has 1 N–H and O–H groups in total. The van der Waals surface area contributed by atoms with E-state index in [-0.39, 0.29) is 11.6 Å². The summed E-state index contributed by atoms with van der Waals surface area (Å²) in [7, 11) is 0. The standard InChI is InChI=1S/C20H13ClFNO3/c21-16-9-12(22)5-7-17(16)23-20(24)11-25-13-6-8-19-15(10-13)14-3-1-2-4-18(14)26-19/h1-10H,11H2,(H,23,24). The molecular formula is C20H13ClFNO3. The fourth-order valence-corrected chi connectivity index (χ4v) is 2.94. The van der Waals surface area contributed by atoms with Gasteiger partial charge in [0.05, 0.1) is 10.7 Å². The molecule has 1 aromatic heterocycles. The van der Waals surface area contributed by atoms with E-state index in [0.717, 1.165) is 28.0 Å². The van der Waals surface area contributed by atoms with Gasteiger partial charge in [-0.25, -0.2) is 4.39 Å². The molecule has 0 fully saturated rings. The number of ether oxygens (including phenoxy) is 1. The first-order valence-corrected chi connectivity index (χ1v) is 8.27. The molecule has 0 aliphatic carbocycles. The van der Waals surface area contributed by atoms with Crippen molar-refractivity contribution in [3.05, 3.63) is 71.5 Å². The highest BCUT2D eigenvalue weighted by Gasteiger charge is 2.10. The number of amides is 1. The van der Waals surface area contributed by atoms with Crippen LogP contribution in [0.4, 0.5) is 10.1 Å². The second-order valence-corrected chi connectivity index (χ2v) is 6.12. The molecule has 0 unspecified atom stereocenters. The molecule has 1 amide bonds. The van der Waals surface area contributed by atoms with E-state index in [1.807, 2.05) is 30.3 Å². The van der Waals surface area contributed by atoms with Gasteiger partial charge in [0.2, 0.25) is 0 Å². The topological polar surface area (TPSA) is 51.5 Å². The Labute approximate surface area is 153 Å². The van der Waals surface area contributed by atoms with Gasteiger partial charge in [0, 0.05) is 10.8 Å². The molecule has 0 aliphatic rings. The van der Waals surface area contributed by atoms with Gasteiger partial charge in [-0.1, -0.05) is 29.8 Å². The zero-order valence-electron chi connectivity index (χ0n) is 13.5. The van der Waals surface area contributed by atoms with Crippen molar-refractivity contribution in [2.75, 3.05) is 11.9 Å². The van der Waals surface area contributed by atoms with Gasteiger partial charge in [-0.05, 0) is 42.5 Å². The molecule has 0 aliphatic heterocycles. The molecule has 0 spiro atoms. The summed E-state index contributed by atoms with van der Waals surface area (Å²) in [6.45, 7) is -0.199. The molecule has 0 saturated carbocycles. The van der Waals surface area contributed by atoms with Gasteiger partial charge < -0.3 is 14.5 Å². The van der Waals surface area contributed by atoms with Crippen LogP contribution in [0.2, 0.25) is 5.02 Å². The fraction of sp³-hybridized carbons (Fsp3) is 0.0500. The number of hydrogen-bond donors (Lipinski definition) is 1. The zero-order valence-corrected chi connectivity index (χ0v) is 14.2. The summed E-state index contributed by atoms with van der Waals surface area (Å²) in [6.07, 6.45) is 0. The van der Waals surface area contributed by atoms with Crippen LogP contribution in [0.5, 0.6) is 5.75 Å². The van der Waals surface area contributed by atoms with Gasteiger partial charge in [-0.15, -0.1) is 0 Å². The van der Waals surface area contributed by atoms with Crippen molar-refractivity contribution in [1.29, 1.82) is 0 Å². The number of carbonyl (C=O) groups is 1. The van der Waals surface area contributed by atoms with E-state index in [9.17, 15) is 9.18 Å². The summed E-state index contributed by atoms with van der Waals surface area (Å²) < 4.78 is 24.4. The monoisotopic (exact) mass is 369 g/mol. The average molecular weight is 370 g/mol. The van der Waals surface area contributed by atoms with Crippen LogP contribution < -0.4 is 10.1 Å². The van der Waals surface area contributed by atoms with E-state index >= 15 is 0 Å². The van der Waals surface area contributed by atoms with Crippen LogP contribution in [-0.2, 0) is 4.79 Å². The smallest absolute Gasteiger partial charge is 0.262 e. The third kappa shape index (κ3) is 3.21. The molecule has 3 aromatic carbocycles. The Hall–Kier alpha value is -3.05. The number of halogens is 2. The van der Waals surface area contributed by atoms with Crippen molar-refractivity contribution in [2.24, 2.45) is 0 Å². The van der Waals surface area contributed by atoms with Crippen LogP contribution in [0.25, 0.3) is 21.9 Å². The molecular weight excluding hydrogens is 357 g/mol. The molecule has 4 nitrogen and oxygen atoms in total. The first-order chi connectivity index (χ1) is 12.6. The van der Waals surface area contributed by atoms with Crippen molar-refractivity contribution < 1.29 is 18.3 Å². The summed E-state index contributed by atoms with van der Waals surface area (Å²) in [5.74, 6) is -0.315. The molecule has 26 heavy (non-hydrogen) atoms. The first-order valence-electron chi connectivity index (χ1n) is 7.89. The van der Waals surface area contributed by atoms with Gasteiger partial charge >= 0.3 is 0 Å².